The van der Waals surface area contributed by atoms with E-state index in [0.717, 1.165) is 36.5 Å². The maximum Gasteiger partial charge on any atom is 0.270 e. The summed E-state index contributed by atoms with van der Waals surface area (Å²) < 4.78 is 27.6. The van der Waals surface area contributed by atoms with E-state index in [2.05, 4.69) is 16.9 Å². The topological polar surface area (TPSA) is 53.5 Å². The molecule has 0 N–H and O–H groups in total. The zero-order chi connectivity index (χ0) is 14.9. The predicted octanol–water partition coefficient (Wildman–Crippen LogP) is 1.86. The highest BCUT2D eigenvalue weighted by molar-refractivity contribution is 7.91. The molecule has 0 spiro atoms. The minimum absolute atomic E-state index is 0.0389. The monoisotopic (exact) mass is 317 g/mol. The number of rotatable bonds is 3. The van der Waals surface area contributed by atoms with E-state index in [1.807, 2.05) is 20.8 Å². The molecule has 1 aromatic rings. The summed E-state index contributed by atoms with van der Waals surface area (Å²) >= 11 is 1.28. The number of thiazole rings is 1. The normalized spacial score (nSPS) is 22.9. The fourth-order valence-electron chi connectivity index (χ4n) is 2.52. The Balaban J connectivity index is 2.35. The van der Waals surface area contributed by atoms with E-state index in [1.165, 1.54) is 11.3 Å². The lowest BCUT2D eigenvalue weighted by Gasteiger charge is -2.28. The number of likely N-dealkylation sites (N-methyl/N-ethyl adjacent to an activating group) is 1. The zero-order valence-electron chi connectivity index (χ0n) is 12.6. The highest BCUT2D eigenvalue weighted by Gasteiger charge is 2.34. The molecule has 114 valence electrons. The van der Waals surface area contributed by atoms with Crippen molar-refractivity contribution in [3.05, 3.63) is 10.6 Å². The molecule has 1 unspecified atom stereocenters. The maximum absolute atomic E-state index is 12.8. The van der Waals surface area contributed by atoms with E-state index in [9.17, 15) is 8.42 Å². The van der Waals surface area contributed by atoms with Gasteiger partial charge in [-0.05, 0) is 40.3 Å². The van der Waals surface area contributed by atoms with E-state index < -0.39 is 10.0 Å². The van der Waals surface area contributed by atoms with E-state index in [-0.39, 0.29) is 10.4 Å². The minimum atomic E-state index is -3.46. The molecule has 2 heterocycles. The molecule has 1 aliphatic heterocycles. The first-order valence-corrected chi connectivity index (χ1v) is 9.26. The summed E-state index contributed by atoms with van der Waals surface area (Å²) in [5.41, 5.74) is 0.813. The Morgan fingerprint density at radius 2 is 2.05 bits per heavy atom. The van der Waals surface area contributed by atoms with Crippen molar-refractivity contribution in [2.75, 3.05) is 26.7 Å². The van der Waals surface area contributed by atoms with Gasteiger partial charge in [-0.25, -0.2) is 13.4 Å². The van der Waals surface area contributed by atoms with Crippen molar-refractivity contribution in [3.8, 4) is 0 Å². The standard InChI is InChI=1S/C13H23N3O2S2/c1-5-12-9-15(4)7-6-8-16(12)20(17,18)13-14-10(2)11(3)19-13/h12H,5-9H2,1-4H3. The van der Waals surface area contributed by atoms with Crippen LogP contribution in [0.25, 0.3) is 0 Å². The average Bonchev–Trinajstić information content (AvgIpc) is 2.62. The first kappa shape index (κ1) is 15.9. The van der Waals surface area contributed by atoms with Crippen LogP contribution in [-0.2, 0) is 10.0 Å². The van der Waals surface area contributed by atoms with Crippen molar-refractivity contribution in [3.63, 3.8) is 0 Å². The van der Waals surface area contributed by atoms with E-state index in [0.29, 0.717) is 6.54 Å². The molecule has 0 aromatic carbocycles. The van der Waals surface area contributed by atoms with Gasteiger partial charge in [0.1, 0.15) is 0 Å². The van der Waals surface area contributed by atoms with Crippen LogP contribution < -0.4 is 0 Å². The maximum atomic E-state index is 12.8. The van der Waals surface area contributed by atoms with Gasteiger partial charge < -0.3 is 4.90 Å². The number of nitrogens with zero attached hydrogens (tertiary/aromatic N) is 3. The van der Waals surface area contributed by atoms with Crippen molar-refractivity contribution in [1.29, 1.82) is 0 Å². The third-order valence-corrected chi connectivity index (χ3v) is 7.24. The second-order valence-corrected chi connectivity index (χ2v) is 8.68. The van der Waals surface area contributed by atoms with Crippen LogP contribution in [0.3, 0.4) is 0 Å². The predicted molar refractivity (Wildman–Crippen MR) is 81.7 cm³/mol. The molecular weight excluding hydrogens is 294 g/mol. The molecule has 1 fully saturated rings. The SMILES string of the molecule is CCC1CN(C)CCCN1S(=O)(=O)c1nc(C)c(C)s1. The molecule has 2 rings (SSSR count). The summed E-state index contributed by atoms with van der Waals surface area (Å²) in [5, 5.41) is 0. The van der Waals surface area contributed by atoms with Crippen LogP contribution in [0.1, 0.15) is 30.3 Å². The molecule has 1 saturated heterocycles. The van der Waals surface area contributed by atoms with E-state index in [1.54, 1.807) is 4.31 Å². The fourth-order valence-corrected chi connectivity index (χ4v) is 5.68. The summed E-state index contributed by atoms with van der Waals surface area (Å²) in [6.45, 7) is 8.14. The Morgan fingerprint density at radius 1 is 1.35 bits per heavy atom. The van der Waals surface area contributed by atoms with Crippen molar-refractivity contribution >= 4 is 21.4 Å². The van der Waals surface area contributed by atoms with Gasteiger partial charge in [0.2, 0.25) is 4.34 Å². The van der Waals surface area contributed by atoms with Gasteiger partial charge in [-0.1, -0.05) is 6.92 Å². The number of hydrogen-bond donors (Lipinski definition) is 0. The Bertz CT molecular complexity index is 549. The summed E-state index contributed by atoms with van der Waals surface area (Å²) in [7, 11) is -1.41. The van der Waals surface area contributed by atoms with Gasteiger partial charge in [-0.15, -0.1) is 11.3 Å². The molecule has 0 bridgehead atoms. The van der Waals surface area contributed by atoms with Gasteiger partial charge in [0.05, 0.1) is 5.69 Å². The number of sulfonamides is 1. The van der Waals surface area contributed by atoms with Crippen molar-refractivity contribution in [2.24, 2.45) is 0 Å². The Kier molecular flexibility index (Phi) is 4.84. The second kappa shape index (κ2) is 6.09. The van der Waals surface area contributed by atoms with Crippen LogP contribution in [-0.4, -0.2) is 55.3 Å². The van der Waals surface area contributed by atoms with Gasteiger partial charge >= 0.3 is 0 Å². The Hall–Kier alpha value is -0.500. The van der Waals surface area contributed by atoms with Gasteiger partial charge in [0.25, 0.3) is 10.0 Å². The largest absolute Gasteiger partial charge is 0.305 e. The molecule has 7 heteroatoms. The summed E-state index contributed by atoms with van der Waals surface area (Å²) in [5.74, 6) is 0. The average molecular weight is 317 g/mol. The smallest absolute Gasteiger partial charge is 0.270 e. The molecule has 1 aromatic heterocycles. The van der Waals surface area contributed by atoms with Crippen molar-refractivity contribution in [1.82, 2.24) is 14.2 Å². The quantitative estimate of drug-likeness (QED) is 0.854. The first-order valence-electron chi connectivity index (χ1n) is 7.00. The minimum Gasteiger partial charge on any atom is -0.305 e. The molecule has 0 radical (unpaired) electrons. The zero-order valence-corrected chi connectivity index (χ0v) is 14.2. The van der Waals surface area contributed by atoms with Gasteiger partial charge in [0, 0.05) is 24.0 Å². The lowest BCUT2D eigenvalue weighted by atomic mass is 10.2. The summed E-state index contributed by atoms with van der Waals surface area (Å²) in [4.78, 5) is 7.44. The third kappa shape index (κ3) is 3.05. The lowest BCUT2D eigenvalue weighted by molar-refractivity contribution is 0.270. The fraction of sp³-hybridized carbons (Fsp3) is 0.769. The number of hydrogen-bond acceptors (Lipinski definition) is 5. The van der Waals surface area contributed by atoms with Crippen molar-refractivity contribution < 1.29 is 8.42 Å². The number of aromatic nitrogens is 1. The molecule has 5 nitrogen and oxygen atoms in total. The molecule has 20 heavy (non-hydrogen) atoms. The summed E-state index contributed by atoms with van der Waals surface area (Å²) in [6.07, 6.45) is 1.70. The van der Waals surface area contributed by atoms with Crippen LogP contribution in [0.4, 0.5) is 0 Å². The highest BCUT2D eigenvalue weighted by Crippen LogP contribution is 2.27. The van der Waals surface area contributed by atoms with Crippen molar-refractivity contribution in [2.45, 2.75) is 44.0 Å². The molecule has 0 aliphatic carbocycles. The van der Waals surface area contributed by atoms with Crippen LogP contribution in [0.5, 0.6) is 0 Å². The number of aryl methyl sites for hydroxylation is 2. The van der Waals surface area contributed by atoms with Crippen LogP contribution in [0.15, 0.2) is 4.34 Å². The molecular formula is C13H23N3O2S2. The van der Waals surface area contributed by atoms with Gasteiger partial charge in [0.15, 0.2) is 0 Å². The van der Waals surface area contributed by atoms with Crippen LogP contribution in [0, 0.1) is 13.8 Å². The van der Waals surface area contributed by atoms with E-state index >= 15 is 0 Å². The highest BCUT2D eigenvalue weighted by atomic mass is 32.2. The molecule has 1 aliphatic rings. The second-order valence-electron chi connectivity index (χ2n) is 5.41. The first-order chi connectivity index (χ1) is 9.36. The van der Waals surface area contributed by atoms with E-state index in [4.69, 9.17) is 0 Å². The summed E-state index contributed by atoms with van der Waals surface area (Å²) in [6, 6.07) is 0.0389. The lowest BCUT2D eigenvalue weighted by Crippen LogP contribution is -2.43. The molecule has 0 saturated carbocycles. The molecule has 0 amide bonds. The van der Waals surface area contributed by atoms with Gasteiger partial charge in [-0.3, -0.25) is 0 Å². The Morgan fingerprint density at radius 3 is 2.60 bits per heavy atom. The van der Waals surface area contributed by atoms with Crippen LogP contribution in [0.2, 0.25) is 0 Å². The van der Waals surface area contributed by atoms with Gasteiger partial charge in [-0.2, -0.15) is 4.31 Å². The van der Waals surface area contributed by atoms with Crippen LogP contribution >= 0.6 is 11.3 Å². The Labute approximate surface area is 125 Å². The molecule has 1 atom stereocenters. The third-order valence-electron chi connectivity index (χ3n) is 3.86.